The van der Waals surface area contributed by atoms with Gasteiger partial charge in [0.1, 0.15) is 5.82 Å². The van der Waals surface area contributed by atoms with Gasteiger partial charge in [-0.15, -0.1) is 0 Å². The van der Waals surface area contributed by atoms with Crippen LogP contribution in [0.1, 0.15) is 21.7 Å². The first-order valence-electron chi connectivity index (χ1n) is 9.66. The van der Waals surface area contributed by atoms with Crippen LogP contribution in [0.15, 0.2) is 65.6 Å². The Kier molecular flexibility index (Phi) is 6.75. The van der Waals surface area contributed by atoms with E-state index in [0.29, 0.717) is 11.3 Å². The highest BCUT2D eigenvalue weighted by molar-refractivity contribution is 7.89. The number of carbonyl (C=O) groups excluding carboxylic acids is 2. The molecule has 2 aromatic carbocycles. The van der Waals surface area contributed by atoms with E-state index < -0.39 is 34.2 Å². The molecule has 1 heterocycles. The van der Waals surface area contributed by atoms with Crippen LogP contribution in [0.2, 0.25) is 0 Å². The van der Waals surface area contributed by atoms with Crippen LogP contribution >= 0.6 is 0 Å². The third-order valence-corrected chi connectivity index (χ3v) is 6.71. The Labute approximate surface area is 185 Å². The van der Waals surface area contributed by atoms with Crippen molar-refractivity contribution < 1.29 is 22.4 Å². The number of halogens is 1. The molecule has 0 aliphatic heterocycles. The molecule has 3 aromatic rings. The fraction of sp³-hybridized carbons (Fsp3) is 0.182. The molecule has 3 rings (SSSR count). The number of sulfonamides is 1. The van der Waals surface area contributed by atoms with Gasteiger partial charge in [-0.1, -0.05) is 18.2 Å². The number of nitrogens with one attached hydrogen (secondary N) is 2. The van der Waals surface area contributed by atoms with Crippen LogP contribution in [0, 0.1) is 19.7 Å². The summed E-state index contributed by atoms with van der Waals surface area (Å²) in [6, 6.07) is 15.5. The number of nitrogens with zero attached hydrogens (tertiary/aromatic N) is 2. The van der Waals surface area contributed by atoms with Gasteiger partial charge in [-0.05, 0) is 56.3 Å². The lowest BCUT2D eigenvalue weighted by Crippen LogP contribution is -2.46. The van der Waals surface area contributed by atoms with E-state index >= 15 is 0 Å². The summed E-state index contributed by atoms with van der Waals surface area (Å²) >= 11 is 0. The van der Waals surface area contributed by atoms with Gasteiger partial charge in [0.15, 0.2) is 0 Å². The SMILES string of the molecule is Cc1cc(C(=O)NNC(=O)CN(C)S(=O)(=O)c2ccc(F)cc2)c(C)n1-c1ccccc1. The third-order valence-electron chi connectivity index (χ3n) is 4.89. The van der Waals surface area contributed by atoms with Crippen molar-refractivity contribution in [2.75, 3.05) is 13.6 Å². The van der Waals surface area contributed by atoms with Crippen molar-refractivity contribution in [1.82, 2.24) is 19.7 Å². The van der Waals surface area contributed by atoms with Gasteiger partial charge in [0.05, 0.1) is 17.0 Å². The largest absolute Gasteiger partial charge is 0.318 e. The van der Waals surface area contributed by atoms with E-state index in [1.165, 1.54) is 7.05 Å². The molecular formula is C22H23FN4O4S. The molecule has 0 spiro atoms. The van der Waals surface area contributed by atoms with Gasteiger partial charge in [0, 0.05) is 24.1 Å². The Bertz CT molecular complexity index is 1240. The van der Waals surface area contributed by atoms with E-state index in [4.69, 9.17) is 0 Å². The standard InChI is InChI=1S/C22H23FN4O4S/c1-15-13-20(16(2)27(15)18-7-5-4-6-8-18)22(29)25-24-21(28)14-26(3)32(30,31)19-11-9-17(23)10-12-19/h4-13H,14H2,1-3H3,(H,24,28)(H,25,29). The summed E-state index contributed by atoms with van der Waals surface area (Å²) in [5.41, 5.74) is 7.35. The molecule has 1 aromatic heterocycles. The van der Waals surface area contributed by atoms with E-state index in [0.717, 1.165) is 40.0 Å². The number of hydrogen-bond acceptors (Lipinski definition) is 4. The fourth-order valence-electron chi connectivity index (χ4n) is 3.27. The Morgan fingerprint density at radius 3 is 2.25 bits per heavy atom. The summed E-state index contributed by atoms with van der Waals surface area (Å²) < 4.78 is 40.7. The lowest BCUT2D eigenvalue weighted by molar-refractivity contribution is -0.121. The Morgan fingerprint density at radius 1 is 1.00 bits per heavy atom. The number of likely N-dealkylation sites (N-methyl/N-ethyl adjacent to an activating group) is 1. The molecule has 0 saturated heterocycles. The van der Waals surface area contributed by atoms with E-state index in [9.17, 15) is 22.4 Å². The topological polar surface area (TPSA) is 101 Å². The van der Waals surface area contributed by atoms with Crippen molar-refractivity contribution in [3.05, 3.63) is 83.4 Å². The third kappa shape index (κ3) is 4.87. The number of amides is 2. The quantitative estimate of drug-likeness (QED) is 0.554. The first kappa shape index (κ1) is 23.2. The lowest BCUT2D eigenvalue weighted by Gasteiger charge is -2.17. The highest BCUT2D eigenvalue weighted by Gasteiger charge is 2.23. The van der Waals surface area contributed by atoms with Gasteiger partial charge in [-0.2, -0.15) is 4.31 Å². The minimum atomic E-state index is -3.99. The van der Waals surface area contributed by atoms with Crippen molar-refractivity contribution in [1.29, 1.82) is 0 Å². The minimum absolute atomic E-state index is 0.147. The first-order valence-corrected chi connectivity index (χ1v) is 11.1. The second-order valence-electron chi connectivity index (χ2n) is 7.17. The van der Waals surface area contributed by atoms with Gasteiger partial charge in [0.2, 0.25) is 10.0 Å². The van der Waals surface area contributed by atoms with E-state index in [1.807, 2.05) is 41.8 Å². The van der Waals surface area contributed by atoms with E-state index in [-0.39, 0.29) is 4.90 Å². The second-order valence-corrected chi connectivity index (χ2v) is 9.22. The zero-order chi connectivity index (χ0) is 23.5. The average Bonchev–Trinajstić information content (AvgIpc) is 3.06. The highest BCUT2D eigenvalue weighted by atomic mass is 32.2. The number of aromatic nitrogens is 1. The summed E-state index contributed by atoms with van der Waals surface area (Å²) in [5.74, 6) is -1.83. The first-order chi connectivity index (χ1) is 15.1. The predicted molar refractivity (Wildman–Crippen MR) is 117 cm³/mol. The van der Waals surface area contributed by atoms with Gasteiger partial charge < -0.3 is 4.57 Å². The number of rotatable bonds is 6. The van der Waals surface area contributed by atoms with Crippen LogP contribution in [-0.4, -0.2) is 42.7 Å². The summed E-state index contributed by atoms with van der Waals surface area (Å²) in [6.45, 7) is 3.12. The molecule has 32 heavy (non-hydrogen) atoms. The zero-order valence-corrected chi connectivity index (χ0v) is 18.6. The summed E-state index contributed by atoms with van der Waals surface area (Å²) in [5, 5.41) is 0. The molecule has 0 aliphatic carbocycles. The lowest BCUT2D eigenvalue weighted by atomic mass is 10.2. The van der Waals surface area contributed by atoms with Crippen LogP contribution < -0.4 is 10.9 Å². The maximum absolute atomic E-state index is 13.0. The summed E-state index contributed by atoms with van der Waals surface area (Å²) in [7, 11) is -2.78. The molecule has 0 fully saturated rings. The van der Waals surface area contributed by atoms with Crippen LogP contribution in [0.5, 0.6) is 0 Å². The number of aryl methyl sites for hydroxylation is 1. The van der Waals surface area contributed by atoms with E-state index in [2.05, 4.69) is 10.9 Å². The van der Waals surface area contributed by atoms with Crippen molar-refractivity contribution in [2.45, 2.75) is 18.7 Å². The van der Waals surface area contributed by atoms with Crippen LogP contribution in [0.4, 0.5) is 4.39 Å². The van der Waals surface area contributed by atoms with Crippen molar-refractivity contribution >= 4 is 21.8 Å². The number of benzene rings is 2. The summed E-state index contributed by atoms with van der Waals surface area (Å²) in [4.78, 5) is 24.7. The minimum Gasteiger partial charge on any atom is -0.318 e. The van der Waals surface area contributed by atoms with Gasteiger partial charge in [0.25, 0.3) is 11.8 Å². The zero-order valence-electron chi connectivity index (χ0n) is 17.8. The number of para-hydroxylation sites is 1. The smallest absolute Gasteiger partial charge is 0.271 e. The number of hydrogen-bond donors (Lipinski definition) is 2. The molecule has 2 N–H and O–H groups in total. The highest BCUT2D eigenvalue weighted by Crippen LogP contribution is 2.20. The molecule has 0 radical (unpaired) electrons. The maximum Gasteiger partial charge on any atom is 0.271 e. The molecule has 0 saturated carbocycles. The van der Waals surface area contributed by atoms with Crippen molar-refractivity contribution in [2.24, 2.45) is 0 Å². The van der Waals surface area contributed by atoms with Crippen LogP contribution in [0.25, 0.3) is 5.69 Å². The fourth-order valence-corrected chi connectivity index (χ4v) is 4.40. The molecule has 0 unspecified atom stereocenters. The van der Waals surface area contributed by atoms with E-state index in [1.54, 1.807) is 13.0 Å². The molecule has 8 nitrogen and oxygen atoms in total. The second kappa shape index (κ2) is 9.33. The molecule has 10 heteroatoms. The Hall–Kier alpha value is -3.50. The Morgan fingerprint density at radius 2 is 1.62 bits per heavy atom. The molecule has 0 atom stereocenters. The average molecular weight is 459 g/mol. The molecule has 168 valence electrons. The maximum atomic E-state index is 13.0. The van der Waals surface area contributed by atoms with Crippen molar-refractivity contribution in [3.63, 3.8) is 0 Å². The number of carbonyl (C=O) groups is 2. The summed E-state index contributed by atoms with van der Waals surface area (Å²) in [6.07, 6.45) is 0. The van der Waals surface area contributed by atoms with Crippen LogP contribution in [0.3, 0.4) is 0 Å². The predicted octanol–water partition coefficient (Wildman–Crippen LogP) is 2.31. The van der Waals surface area contributed by atoms with Gasteiger partial charge >= 0.3 is 0 Å². The molecule has 0 aliphatic rings. The molecular weight excluding hydrogens is 435 g/mol. The van der Waals surface area contributed by atoms with Gasteiger partial charge in [-0.25, -0.2) is 12.8 Å². The van der Waals surface area contributed by atoms with Crippen LogP contribution in [-0.2, 0) is 14.8 Å². The monoisotopic (exact) mass is 458 g/mol. The molecule has 0 bridgehead atoms. The van der Waals surface area contributed by atoms with Gasteiger partial charge in [-0.3, -0.25) is 20.4 Å². The normalized spacial score (nSPS) is 11.4. The van der Waals surface area contributed by atoms with Crippen molar-refractivity contribution in [3.8, 4) is 5.69 Å². The number of hydrazine groups is 1. The Balaban J connectivity index is 1.64. The molecule has 2 amide bonds.